The van der Waals surface area contributed by atoms with E-state index in [-0.39, 0.29) is 5.91 Å². The molecule has 92 valence electrons. The van der Waals surface area contributed by atoms with Crippen molar-refractivity contribution in [2.24, 2.45) is 0 Å². The molecule has 1 aromatic rings. The first-order chi connectivity index (χ1) is 8.09. The molecule has 2 rings (SSSR count). The predicted molar refractivity (Wildman–Crippen MR) is 72.2 cm³/mol. The van der Waals surface area contributed by atoms with Crippen LogP contribution in [0.15, 0.2) is 22.7 Å². The van der Waals surface area contributed by atoms with E-state index in [4.69, 9.17) is 0 Å². The topological polar surface area (TPSA) is 32.3 Å². The first-order valence-electron chi connectivity index (χ1n) is 5.83. The molecule has 4 heteroatoms. The zero-order valence-corrected chi connectivity index (χ0v) is 11.8. The van der Waals surface area contributed by atoms with Crippen LogP contribution in [0.5, 0.6) is 0 Å². The lowest BCUT2D eigenvalue weighted by molar-refractivity contribution is 0.0743. The van der Waals surface area contributed by atoms with Crippen molar-refractivity contribution in [2.45, 2.75) is 19.4 Å². The molecular formula is C13H17BrN2O. The third kappa shape index (κ3) is 2.69. The van der Waals surface area contributed by atoms with Crippen molar-refractivity contribution in [3.63, 3.8) is 0 Å². The van der Waals surface area contributed by atoms with Gasteiger partial charge in [0.2, 0.25) is 0 Å². The molecule has 1 aromatic carbocycles. The number of hydrogen-bond acceptors (Lipinski definition) is 2. The summed E-state index contributed by atoms with van der Waals surface area (Å²) in [5.74, 6) is 0.0885. The number of benzene rings is 1. The van der Waals surface area contributed by atoms with Crippen LogP contribution < -0.4 is 5.32 Å². The number of nitrogens with zero attached hydrogens (tertiary/aromatic N) is 1. The van der Waals surface area contributed by atoms with E-state index in [0.717, 1.165) is 35.1 Å². The van der Waals surface area contributed by atoms with Crippen LogP contribution >= 0.6 is 15.9 Å². The van der Waals surface area contributed by atoms with Gasteiger partial charge in [-0.05, 0) is 53.5 Å². The van der Waals surface area contributed by atoms with E-state index in [9.17, 15) is 4.79 Å². The third-order valence-corrected chi connectivity index (χ3v) is 3.91. The molecule has 17 heavy (non-hydrogen) atoms. The Bertz CT molecular complexity index is 427. The lowest BCUT2D eigenvalue weighted by Gasteiger charge is -2.24. The Kier molecular flexibility index (Phi) is 3.84. The molecule has 0 aliphatic carbocycles. The smallest absolute Gasteiger partial charge is 0.255 e. The van der Waals surface area contributed by atoms with Gasteiger partial charge in [-0.2, -0.15) is 0 Å². The number of likely N-dealkylation sites (N-methyl/N-ethyl adjacent to an activating group) is 1. The highest BCUT2D eigenvalue weighted by molar-refractivity contribution is 9.10. The second-order valence-corrected chi connectivity index (χ2v) is 5.40. The van der Waals surface area contributed by atoms with Gasteiger partial charge in [-0.25, -0.2) is 0 Å². The van der Waals surface area contributed by atoms with Crippen LogP contribution in [0.25, 0.3) is 0 Å². The number of rotatable bonds is 2. The maximum Gasteiger partial charge on any atom is 0.255 e. The zero-order valence-electron chi connectivity index (χ0n) is 10.2. The first-order valence-corrected chi connectivity index (χ1v) is 6.63. The first kappa shape index (κ1) is 12.6. The van der Waals surface area contributed by atoms with E-state index >= 15 is 0 Å². The fourth-order valence-corrected chi connectivity index (χ4v) is 2.78. The highest BCUT2D eigenvalue weighted by atomic mass is 79.9. The molecule has 0 aromatic heterocycles. The zero-order chi connectivity index (χ0) is 12.4. The van der Waals surface area contributed by atoms with Crippen molar-refractivity contribution in [1.82, 2.24) is 10.2 Å². The second-order valence-electron chi connectivity index (χ2n) is 4.55. The van der Waals surface area contributed by atoms with Crippen LogP contribution in [-0.2, 0) is 0 Å². The third-order valence-electron chi connectivity index (χ3n) is 3.26. The Morgan fingerprint density at radius 2 is 2.29 bits per heavy atom. The van der Waals surface area contributed by atoms with Gasteiger partial charge in [0.1, 0.15) is 0 Å². The van der Waals surface area contributed by atoms with E-state index in [1.54, 1.807) is 0 Å². The summed E-state index contributed by atoms with van der Waals surface area (Å²) in [7, 11) is 1.88. The largest absolute Gasteiger partial charge is 0.337 e. The summed E-state index contributed by atoms with van der Waals surface area (Å²) in [6, 6.07) is 6.16. The van der Waals surface area contributed by atoms with E-state index in [1.165, 1.54) is 0 Å². The summed E-state index contributed by atoms with van der Waals surface area (Å²) < 4.78 is 0.875. The van der Waals surface area contributed by atoms with Crippen molar-refractivity contribution in [3.05, 3.63) is 33.8 Å². The van der Waals surface area contributed by atoms with Gasteiger partial charge in [0, 0.05) is 24.1 Å². The number of hydrogen-bond donors (Lipinski definition) is 1. The molecule has 1 aliphatic heterocycles. The molecule has 0 saturated carbocycles. The van der Waals surface area contributed by atoms with Crippen LogP contribution in [0.4, 0.5) is 0 Å². The van der Waals surface area contributed by atoms with Crippen molar-refractivity contribution < 1.29 is 4.79 Å². The Balaban J connectivity index is 2.18. The summed E-state index contributed by atoms with van der Waals surface area (Å²) in [6.45, 7) is 3.91. The van der Waals surface area contributed by atoms with Crippen LogP contribution in [0.3, 0.4) is 0 Å². The van der Waals surface area contributed by atoms with Gasteiger partial charge in [-0.1, -0.05) is 6.07 Å². The van der Waals surface area contributed by atoms with Gasteiger partial charge in [0.25, 0.3) is 5.91 Å². The second kappa shape index (κ2) is 5.19. The average Bonchev–Trinajstić information content (AvgIpc) is 2.80. The van der Waals surface area contributed by atoms with E-state index in [0.29, 0.717) is 6.04 Å². The number of amides is 1. The molecule has 1 amide bonds. The molecule has 1 aliphatic rings. The monoisotopic (exact) mass is 296 g/mol. The minimum absolute atomic E-state index is 0.0885. The van der Waals surface area contributed by atoms with Gasteiger partial charge < -0.3 is 10.2 Å². The average molecular weight is 297 g/mol. The molecule has 1 N–H and O–H groups in total. The fraction of sp³-hybridized carbons (Fsp3) is 0.462. The number of aryl methyl sites for hydroxylation is 1. The number of halogens is 1. The van der Waals surface area contributed by atoms with Crippen molar-refractivity contribution in [3.8, 4) is 0 Å². The molecular weight excluding hydrogens is 280 g/mol. The summed E-state index contributed by atoms with van der Waals surface area (Å²) in [5, 5.41) is 3.28. The Morgan fingerprint density at radius 1 is 1.53 bits per heavy atom. The van der Waals surface area contributed by atoms with Gasteiger partial charge in [-0.15, -0.1) is 0 Å². The summed E-state index contributed by atoms with van der Waals surface area (Å²) in [5.41, 5.74) is 1.89. The fourth-order valence-electron chi connectivity index (χ4n) is 2.12. The number of carbonyl (C=O) groups excluding carboxylic acids is 1. The highest BCUT2D eigenvalue weighted by Gasteiger charge is 2.24. The Hall–Kier alpha value is -0.870. The maximum absolute atomic E-state index is 12.3. The Labute approximate surface area is 110 Å². The van der Waals surface area contributed by atoms with Crippen molar-refractivity contribution >= 4 is 21.8 Å². The highest BCUT2D eigenvalue weighted by Crippen LogP contribution is 2.21. The van der Waals surface area contributed by atoms with Crippen LogP contribution in [-0.4, -0.2) is 37.0 Å². The summed E-state index contributed by atoms with van der Waals surface area (Å²) in [6.07, 6.45) is 1.03. The quantitative estimate of drug-likeness (QED) is 0.907. The molecule has 0 spiro atoms. The molecule has 1 unspecified atom stereocenters. The van der Waals surface area contributed by atoms with Crippen LogP contribution in [0.2, 0.25) is 0 Å². The normalized spacial score (nSPS) is 19.4. The summed E-state index contributed by atoms with van der Waals surface area (Å²) in [4.78, 5) is 14.2. The molecule has 1 fully saturated rings. The molecule has 0 radical (unpaired) electrons. The van der Waals surface area contributed by atoms with Gasteiger partial charge in [-0.3, -0.25) is 4.79 Å². The van der Waals surface area contributed by atoms with Gasteiger partial charge in [0.05, 0.1) is 5.56 Å². The maximum atomic E-state index is 12.3. The lowest BCUT2D eigenvalue weighted by atomic mass is 10.1. The van der Waals surface area contributed by atoms with Gasteiger partial charge in [0.15, 0.2) is 0 Å². The van der Waals surface area contributed by atoms with E-state index in [2.05, 4.69) is 21.2 Å². The molecule has 3 nitrogen and oxygen atoms in total. The predicted octanol–water partition coefficient (Wildman–Crippen LogP) is 2.19. The van der Waals surface area contributed by atoms with E-state index < -0.39 is 0 Å². The summed E-state index contributed by atoms with van der Waals surface area (Å²) >= 11 is 3.46. The van der Waals surface area contributed by atoms with Crippen LogP contribution in [0.1, 0.15) is 22.3 Å². The number of carbonyl (C=O) groups is 1. The Morgan fingerprint density at radius 3 is 2.88 bits per heavy atom. The van der Waals surface area contributed by atoms with Crippen molar-refractivity contribution in [2.75, 3.05) is 20.1 Å². The van der Waals surface area contributed by atoms with Crippen molar-refractivity contribution in [1.29, 1.82) is 0 Å². The number of nitrogens with one attached hydrogen (secondary N) is 1. The molecule has 1 saturated heterocycles. The lowest BCUT2D eigenvalue weighted by Crippen LogP contribution is -2.38. The molecule has 0 bridgehead atoms. The molecule has 1 heterocycles. The minimum atomic E-state index is 0.0885. The van der Waals surface area contributed by atoms with Gasteiger partial charge >= 0.3 is 0 Å². The SMILES string of the molecule is Cc1ccc(C(=O)N(C)C2CCNC2)c(Br)c1. The van der Waals surface area contributed by atoms with E-state index in [1.807, 2.05) is 37.1 Å². The standard InChI is InChI=1S/C13H17BrN2O/c1-9-3-4-11(12(14)7-9)13(17)16(2)10-5-6-15-8-10/h3-4,7,10,15H,5-6,8H2,1-2H3. The minimum Gasteiger partial charge on any atom is -0.337 e. The molecule has 1 atom stereocenters. The van der Waals surface area contributed by atoms with Crippen LogP contribution in [0, 0.1) is 6.92 Å².